The minimum atomic E-state index is -3.56. The Morgan fingerprint density at radius 3 is 2.43 bits per heavy atom. The summed E-state index contributed by atoms with van der Waals surface area (Å²) in [6, 6.07) is 0.0592. The highest BCUT2D eigenvalue weighted by atomic mass is 32.2. The predicted molar refractivity (Wildman–Crippen MR) is 82.4 cm³/mol. The fourth-order valence-electron chi connectivity index (χ4n) is 3.44. The van der Waals surface area contributed by atoms with Gasteiger partial charge < -0.3 is 10.2 Å². The Morgan fingerprint density at radius 1 is 1.24 bits per heavy atom. The molecule has 1 heterocycles. The van der Waals surface area contributed by atoms with Gasteiger partial charge in [0.2, 0.25) is 10.0 Å². The van der Waals surface area contributed by atoms with Crippen LogP contribution in [0.3, 0.4) is 0 Å². The van der Waals surface area contributed by atoms with Crippen molar-refractivity contribution in [2.45, 2.75) is 63.9 Å². The summed E-state index contributed by atoms with van der Waals surface area (Å²) in [5.41, 5.74) is 6.32. The maximum absolute atomic E-state index is 13.0. The summed E-state index contributed by atoms with van der Waals surface area (Å²) in [5, 5.41) is 0. The molecule has 0 aliphatic heterocycles. The van der Waals surface area contributed by atoms with Crippen molar-refractivity contribution in [1.29, 1.82) is 0 Å². The van der Waals surface area contributed by atoms with Crippen LogP contribution >= 0.6 is 0 Å². The molecule has 2 rings (SSSR count). The van der Waals surface area contributed by atoms with Gasteiger partial charge in [0.15, 0.2) is 0 Å². The van der Waals surface area contributed by atoms with Gasteiger partial charge in [-0.2, -0.15) is 4.31 Å². The summed E-state index contributed by atoms with van der Waals surface area (Å²) >= 11 is 0. The molecule has 1 aliphatic rings. The maximum atomic E-state index is 13.0. The van der Waals surface area contributed by atoms with E-state index < -0.39 is 10.0 Å². The van der Waals surface area contributed by atoms with Crippen LogP contribution in [0, 0.1) is 19.8 Å². The van der Waals surface area contributed by atoms with Crippen LogP contribution in [0.1, 0.15) is 49.7 Å². The number of nitrogens with two attached hydrogens (primary N) is 1. The van der Waals surface area contributed by atoms with Gasteiger partial charge in [0.05, 0.1) is 0 Å². The summed E-state index contributed by atoms with van der Waals surface area (Å²) in [7, 11) is -1.88. The Kier molecular flexibility index (Phi) is 4.80. The zero-order valence-electron chi connectivity index (χ0n) is 13.3. The Morgan fingerprint density at radius 2 is 1.86 bits per heavy atom. The minimum absolute atomic E-state index is 0.0592. The van der Waals surface area contributed by atoms with Gasteiger partial charge >= 0.3 is 0 Å². The van der Waals surface area contributed by atoms with Gasteiger partial charge in [-0.05, 0) is 32.6 Å². The molecule has 0 radical (unpaired) electrons. The molecule has 0 amide bonds. The van der Waals surface area contributed by atoms with Gasteiger partial charge in [-0.1, -0.05) is 19.8 Å². The second kappa shape index (κ2) is 6.10. The standard InChI is InChI=1S/C15H26N2O3S/c1-10-7-5-6-8-14(10)17(4)21(18,19)15-12(3)20-11(2)13(15)9-16/h10,14H,5-9,16H2,1-4H3. The molecule has 0 saturated heterocycles. The van der Waals surface area contributed by atoms with Crippen molar-refractivity contribution in [3.05, 3.63) is 17.1 Å². The highest BCUT2D eigenvalue weighted by Crippen LogP contribution is 2.34. The molecule has 1 saturated carbocycles. The monoisotopic (exact) mass is 314 g/mol. The molecule has 120 valence electrons. The molecule has 1 fully saturated rings. The van der Waals surface area contributed by atoms with Crippen molar-refractivity contribution in [2.75, 3.05) is 7.05 Å². The van der Waals surface area contributed by atoms with Gasteiger partial charge in [0, 0.05) is 25.2 Å². The number of rotatable bonds is 4. The molecular formula is C15H26N2O3S. The number of furan rings is 1. The zero-order chi connectivity index (χ0) is 15.8. The molecule has 1 aromatic heterocycles. The van der Waals surface area contributed by atoms with Crippen LogP contribution < -0.4 is 5.73 Å². The van der Waals surface area contributed by atoms with Crippen molar-refractivity contribution in [1.82, 2.24) is 4.31 Å². The molecule has 0 aromatic carbocycles. The van der Waals surface area contributed by atoms with Crippen LogP contribution in [0.5, 0.6) is 0 Å². The predicted octanol–water partition coefficient (Wildman–Crippen LogP) is 2.55. The average molecular weight is 314 g/mol. The van der Waals surface area contributed by atoms with E-state index in [9.17, 15) is 8.42 Å². The van der Waals surface area contributed by atoms with Crippen molar-refractivity contribution in [2.24, 2.45) is 11.7 Å². The highest BCUT2D eigenvalue weighted by molar-refractivity contribution is 7.89. The quantitative estimate of drug-likeness (QED) is 0.926. The number of aryl methyl sites for hydroxylation is 2. The van der Waals surface area contributed by atoms with E-state index in [1.165, 1.54) is 10.7 Å². The Labute approximate surface area is 127 Å². The van der Waals surface area contributed by atoms with Gasteiger partial charge in [-0.25, -0.2) is 8.42 Å². The molecule has 0 spiro atoms. The molecule has 21 heavy (non-hydrogen) atoms. The second-order valence-electron chi connectivity index (χ2n) is 6.08. The van der Waals surface area contributed by atoms with Crippen LogP contribution in [-0.4, -0.2) is 25.8 Å². The van der Waals surface area contributed by atoms with Crippen molar-refractivity contribution in [3.8, 4) is 0 Å². The number of nitrogens with zero attached hydrogens (tertiary/aromatic N) is 1. The van der Waals surface area contributed by atoms with E-state index >= 15 is 0 Å². The van der Waals surface area contributed by atoms with Crippen LogP contribution in [0.4, 0.5) is 0 Å². The lowest BCUT2D eigenvalue weighted by atomic mass is 9.86. The number of hydrogen-bond acceptors (Lipinski definition) is 4. The molecule has 2 N–H and O–H groups in total. The first kappa shape index (κ1) is 16.5. The third kappa shape index (κ3) is 2.89. The largest absolute Gasteiger partial charge is 0.465 e. The first-order chi connectivity index (χ1) is 9.80. The molecule has 2 atom stereocenters. The fraction of sp³-hybridized carbons (Fsp3) is 0.733. The van der Waals surface area contributed by atoms with E-state index in [0.29, 0.717) is 23.0 Å². The average Bonchev–Trinajstić information content (AvgIpc) is 2.73. The number of sulfonamides is 1. The summed E-state index contributed by atoms with van der Waals surface area (Å²) in [5.74, 6) is 1.41. The maximum Gasteiger partial charge on any atom is 0.246 e. The Bertz CT molecular complexity index is 607. The van der Waals surface area contributed by atoms with E-state index in [1.54, 1.807) is 20.9 Å². The van der Waals surface area contributed by atoms with E-state index in [0.717, 1.165) is 19.3 Å². The Balaban J connectivity index is 2.42. The lowest BCUT2D eigenvalue weighted by Crippen LogP contribution is -2.42. The van der Waals surface area contributed by atoms with Gasteiger partial charge in [0.1, 0.15) is 16.4 Å². The molecule has 1 aromatic rings. The summed E-state index contributed by atoms with van der Waals surface area (Å²) in [6.07, 6.45) is 4.27. The minimum Gasteiger partial charge on any atom is -0.465 e. The van der Waals surface area contributed by atoms with Gasteiger partial charge in [0.25, 0.3) is 0 Å². The third-order valence-corrected chi connectivity index (χ3v) is 6.78. The Hall–Kier alpha value is -0.850. The first-order valence-electron chi connectivity index (χ1n) is 7.57. The molecule has 6 heteroatoms. The molecular weight excluding hydrogens is 288 g/mol. The van der Waals surface area contributed by atoms with Gasteiger partial charge in [-0.15, -0.1) is 0 Å². The van der Waals surface area contributed by atoms with Crippen LogP contribution in [0.15, 0.2) is 9.31 Å². The van der Waals surface area contributed by atoms with E-state index in [-0.39, 0.29) is 17.5 Å². The van der Waals surface area contributed by atoms with Crippen molar-refractivity contribution in [3.63, 3.8) is 0 Å². The summed E-state index contributed by atoms with van der Waals surface area (Å²) in [4.78, 5) is 0.266. The zero-order valence-corrected chi connectivity index (χ0v) is 14.2. The lowest BCUT2D eigenvalue weighted by Gasteiger charge is -2.35. The molecule has 2 unspecified atom stereocenters. The van der Waals surface area contributed by atoms with E-state index in [1.807, 2.05) is 0 Å². The van der Waals surface area contributed by atoms with Crippen LogP contribution in [-0.2, 0) is 16.6 Å². The topological polar surface area (TPSA) is 76.5 Å². The first-order valence-corrected chi connectivity index (χ1v) is 9.01. The van der Waals surface area contributed by atoms with Crippen molar-refractivity contribution < 1.29 is 12.8 Å². The molecule has 1 aliphatic carbocycles. The fourth-order valence-corrected chi connectivity index (χ4v) is 5.34. The summed E-state index contributed by atoms with van der Waals surface area (Å²) in [6.45, 7) is 5.76. The van der Waals surface area contributed by atoms with Gasteiger partial charge in [-0.3, -0.25) is 0 Å². The summed E-state index contributed by atoms with van der Waals surface area (Å²) < 4.78 is 33.0. The normalized spacial score (nSPS) is 23.7. The van der Waals surface area contributed by atoms with Crippen LogP contribution in [0.2, 0.25) is 0 Å². The smallest absolute Gasteiger partial charge is 0.246 e. The van der Waals surface area contributed by atoms with Crippen LogP contribution in [0.25, 0.3) is 0 Å². The SMILES string of the molecule is Cc1oc(C)c(S(=O)(=O)N(C)C2CCCCC2C)c1CN. The van der Waals surface area contributed by atoms with Crippen molar-refractivity contribution >= 4 is 10.0 Å². The van der Waals surface area contributed by atoms with E-state index in [4.69, 9.17) is 10.2 Å². The lowest BCUT2D eigenvalue weighted by molar-refractivity contribution is 0.213. The second-order valence-corrected chi connectivity index (χ2v) is 8.01. The number of hydrogen-bond donors (Lipinski definition) is 1. The van der Waals surface area contributed by atoms with E-state index in [2.05, 4.69) is 6.92 Å². The molecule has 5 nitrogen and oxygen atoms in total. The highest BCUT2D eigenvalue weighted by Gasteiger charge is 2.36. The third-order valence-electron chi connectivity index (χ3n) is 4.70. The molecule has 0 bridgehead atoms.